The fraction of sp³-hybridized carbons (Fsp3) is 0.125. The first-order chi connectivity index (χ1) is 17.7. The Morgan fingerprint density at radius 3 is 2.46 bits per heavy atom. The summed E-state index contributed by atoms with van der Waals surface area (Å²) in [5.41, 5.74) is -0.844. The first-order valence-electron chi connectivity index (χ1n) is 11.0. The molecule has 5 rings (SSSR count). The first-order valence-corrected chi connectivity index (χ1v) is 11.9. The Bertz CT molecular complexity index is 1590. The highest BCUT2D eigenvalue weighted by Crippen LogP contribution is 2.33. The standard InChI is InChI=1S/C24H18F3N7O2S/c1-2-33-13-17(21(32-33)23(36)28-14-7-4-3-5-8-14)30-22(35)16-12-20-29-15(18-9-6-10-37-18)11-19(24(25,26)27)34(20)31-16/h3-13H,2H2,1H3,(H,28,36)(H,30,35). The van der Waals surface area contributed by atoms with Gasteiger partial charge in [-0.05, 0) is 36.6 Å². The summed E-state index contributed by atoms with van der Waals surface area (Å²) >= 11 is 1.24. The third-order valence-electron chi connectivity index (χ3n) is 5.30. The van der Waals surface area contributed by atoms with Crippen LogP contribution in [0, 0.1) is 0 Å². The molecule has 0 aliphatic heterocycles. The molecule has 0 saturated carbocycles. The van der Waals surface area contributed by atoms with Gasteiger partial charge in [0.1, 0.15) is 0 Å². The maximum absolute atomic E-state index is 13.8. The lowest BCUT2D eigenvalue weighted by atomic mass is 10.2. The molecule has 5 aromatic rings. The second-order valence-corrected chi connectivity index (χ2v) is 8.77. The number of halogens is 3. The normalized spacial score (nSPS) is 11.6. The van der Waals surface area contributed by atoms with Crippen molar-refractivity contribution in [2.24, 2.45) is 0 Å². The molecule has 13 heteroatoms. The molecule has 9 nitrogen and oxygen atoms in total. The Morgan fingerprint density at radius 1 is 1.00 bits per heavy atom. The van der Waals surface area contributed by atoms with Gasteiger partial charge in [0.05, 0.1) is 16.3 Å². The van der Waals surface area contributed by atoms with E-state index >= 15 is 0 Å². The van der Waals surface area contributed by atoms with Gasteiger partial charge < -0.3 is 10.6 Å². The first kappa shape index (κ1) is 24.2. The van der Waals surface area contributed by atoms with Gasteiger partial charge in [0.25, 0.3) is 11.8 Å². The third-order valence-corrected chi connectivity index (χ3v) is 6.20. The van der Waals surface area contributed by atoms with Gasteiger partial charge in [-0.25, -0.2) is 9.50 Å². The zero-order chi connectivity index (χ0) is 26.2. The third kappa shape index (κ3) is 4.93. The predicted octanol–water partition coefficient (Wildman–Crippen LogP) is 5.20. The Kier molecular flexibility index (Phi) is 6.21. The molecule has 0 unspecified atom stereocenters. The fourth-order valence-electron chi connectivity index (χ4n) is 3.58. The summed E-state index contributed by atoms with van der Waals surface area (Å²) in [6, 6.07) is 14.1. The number of hydrogen-bond acceptors (Lipinski definition) is 6. The Hall–Kier alpha value is -4.52. The number of aromatic nitrogens is 5. The highest BCUT2D eigenvalue weighted by atomic mass is 32.1. The number of amides is 2. The lowest BCUT2D eigenvalue weighted by Gasteiger charge is -2.10. The Balaban J connectivity index is 1.48. The van der Waals surface area contributed by atoms with Crippen LogP contribution in [0.15, 0.2) is 66.2 Å². The molecule has 0 atom stereocenters. The molecule has 0 spiro atoms. The monoisotopic (exact) mass is 525 g/mol. The molecular formula is C24H18F3N7O2S. The molecule has 0 bridgehead atoms. The summed E-state index contributed by atoms with van der Waals surface area (Å²) in [4.78, 5) is 30.7. The van der Waals surface area contributed by atoms with Crippen molar-refractivity contribution < 1.29 is 22.8 Å². The average Bonchev–Trinajstić information content (AvgIpc) is 3.62. The number of fused-ring (bicyclic) bond motifs is 1. The molecular weight excluding hydrogens is 507 g/mol. The number of nitrogens with one attached hydrogen (secondary N) is 2. The van der Waals surface area contributed by atoms with Crippen LogP contribution in [-0.4, -0.2) is 36.2 Å². The van der Waals surface area contributed by atoms with Gasteiger partial charge in [-0.1, -0.05) is 24.3 Å². The summed E-state index contributed by atoms with van der Waals surface area (Å²) in [5, 5.41) is 15.0. The smallest absolute Gasteiger partial charge is 0.321 e. The van der Waals surface area contributed by atoms with Crippen molar-refractivity contribution in [1.82, 2.24) is 24.4 Å². The predicted molar refractivity (Wildman–Crippen MR) is 132 cm³/mol. The van der Waals surface area contributed by atoms with Crippen molar-refractivity contribution in [2.75, 3.05) is 10.6 Å². The van der Waals surface area contributed by atoms with Crippen molar-refractivity contribution in [2.45, 2.75) is 19.6 Å². The van der Waals surface area contributed by atoms with Crippen LogP contribution >= 0.6 is 11.3 Å². The van der Waals surface area contributed by atoms with E-state index in [1.807, 2.05) is 0 Å². The minimum absolute atomic E-state index is 0.0584. The van der Waals surface area contributed by atoms with E-state index in [-0.39, 0.29) is 28.4 Å². The fourth-order valence-corrected chi connectivity index (χ4v) is 4.26. The highest BCUT2D eigenvalue weighted by Gasteiger charge is 2.36. The summed E-state index contributed by atoms with van der Waals surface area (Å²) in [6.45, 7) is 2.22. The van der Waals surface area contributed by atoms with Crippen LogP contribution in [0.4, 0.5) is 24.5 Å². The van der Waals surface area contributed by atoms with Crippen molar-refractivity contribution in [1.29, 1.82) is 0 Å². The number of carbonyl (C=O) groups excluding carboxylic acids is 2. The van der Waals surface area contributed by atoms with Crippen molar-refractivity contribution in [3.8, 4) is 10.6 Å². The van der Waals surface area contributed by atoms with Crippen molar-refractivity contribution >= 4 is 40.2 Å². The topological polar surface area (TPSA) is 106 Å². The van der Waals surface area contributed by atoms with Gasteiger partial charge in [-0.15, -0.1) is 11.3 Å². The largest absolute Gasteiger partial charge is 0.433 e. The Morgan fingerprint density at radius 2 is 1.78 bits per heavy atom. The van der Waals surface area contributed by atoms with Crippen LogP contribution in [0.2, 0.25) is 0 Å². The van der Waals surface area contributed by atoms with Crippen LogP contribution in [0.5, 0.6) is 0 Å². The van der Waals surface area contributed by atoms with E-state index in [0.29, 0.717) is 21.6 Å². The Labute approximate surface area is 211 Å². The van der Waals surface area contributed by atoms with Crippen LogP contribution in [0.3, 0.4) is 0 Å². The highest BCUT2D eigenvalue weighted by molar-refractivity contribution is 7.13. The van der Waals surface area contributed by atoms with E-state index in [1.54, 1.807) is 54.8 Å². The van der Waals surface area contributed by atoms with Crippen LogP contribution in [-0.2, 0) is 12.7 Å². The number of para-hydroxylation sites is 1. The van der Waals surface area contributed by atoms with E-state index in [0.717, 1.165) is 12.1 Å². The maximum atomic E-state index is 13.8. The van der Waals surface area contributed by atoms with Crippen LogP contribution in [0.1, 0.15) is 33.6 Å². The number of benzene rings is 1. The molecule has 37 heavy (non-hydrogen) atoms. The summed E-state index contributed by atoms with van der Waals surface area (Å²) in [6.07, 6.45) is -3.28. The summed E-state index contributed by atoms with van der Waals surface area (Å²) in [5.74, 6) is -1.38. The van der Waals surface area contributed by atoms with E-state index < -0.39 is 23.7 Å². The quantitative estimate of drug-likeness (QED) is 0.317. The number of hydrogen-bond donors (Lipinski definition) is 2. The molecule has 4 heterocycles. The van der Waals surface area contributed by atoms with Gasteiger partial charge in [0.2, 0.25) is 0 Å². The molecule has 0 aliphatic carbocycles. The van der Waals surface area contributed by atoms with Gasteiger partial charge in [0, 0.05) is 24.5 Å². The molecule has 188 valence electrons. The summed E-state index contributed by atoms with van der Waals surface area (Å²) in [7, 11) is 0. The number of carbonyl (C=O) groups is 2. The second kappa shape index (κ2) is 9.50. The number of rotatable bonds is 6. The zero-order valence-corrected chi connectivity index (χ0v) is 20.0. The van der Waals surface area contributed by atoms with Crippen LogP contribution < -0.4 is 10.6 Å². The molecule has 0 saturated heterocycles. The summed E-state index contributed by atoms with van der Waals surface area (Å²) < 4.78 is 43.5. The average molecular weight is 526 g/mol. The van der Waals surface area contributed by atoms with Gasteiger partial charge in [0.15, 0.2) is 22.7 Å². The van der Waals surface area contributed by atoms with Crippen molar-refractivity contribution in [3.05, 3.63) is 83.3 Å². The number of anilines is 2. The lowest BCUT2D eigenvalue weighted by Crippen LogP contribution is -2.18. The number of thiophene rings is 1. The van der Waals surface area contributed by atoms with Gasteiger partial charge in [-0.3, -0.25) is 14.3 Å². The van der Waals surface area contributed by atoms with Gasteiger partial charge in [-0.2, -0.15) is 23.4 Å². The number of alkyl halides is 3. The lowest BCUT2D eigenvalue weighted by molar-refractivity contribution is -0.142. The number of aryl methyl sites for hydroxylation is 1. The SMILES string of the molecule is CCn1cc(NC(=O)c2cc3nc(-c4cccs4)cc(C(F)(F)F)n3n2)c(C(=O)Nc2ccccc2)n1. The van der Waals surface area contributed by atoms with E-state index in [2.05, 4.69) is 25.8 Å². The van der Waals surface area contributed by atoms with Crippen LogP contribution in [0.25, 0.3) is 16.2 Å². The van der Waals surface area contributed by atoms with E-state index in [4.69, 9.17) is 0 Å². The van der Waals surface area contributed by atoms with E-state index in [9.17, 15) is 22.8 Å². The zero-order valence-electron chi connectivity index (χ0n) is 19.2. The molecule has 0 radical (unpaired) electrons. The minimum Gasteiger partial charge on any atom is -0.321 e. The van der Waals surface area contributed by atoms with E-state index in [1.165, 1.54) is 22.2 Å². The molecule has 1 aromatic carbocycles. The molecule has 4 aromatic heterocycles. The van der Waals surface area contributed by atoms with Gasteiger partial charge >= 0.3 is 6.18 Å². The molecule has 2 N–H and O–H groups in total. The van der Waals surface area contributed by atoms with Crippen molar-refractivity contribution in [3.63, 3.8) is 0 Å². The molecule has 0 aliphatic rings. The number of nitrogens with zero attached hydrogens (tertiary/aromatic N) is 5. The maximum Gasteiger partial charge on any atom is 0.433 e. The molecule has 2 amide bonds. The molecule has 0 fully saturated rings. The minimum atomic E-state index is -4.74. The second-order valence-electron chi connectivity index (χ2n) is 7.82.